The molecule has 0 spiro atoms. The molecular weight excluding hydrogens is 452 g/mol. The Labute approximate surface area is 174 Å². The summed E-state index contributed by atoms with van der Waals surface area (Å²) < 4.78 is 6.17. The normalized spacial score (nSPS) is 10.5. The molecule has 0 saturated carbocycles. The van der Waals surface area contributed by atoms with Gasteiger partial charge in [0.2, 0.25) is 0 Å². The lowest BCUT2D eigenvalue weighted by molar-refractivity contribution is 0.0977. The van der Waals surface area contributed by atoms with Crippen LogP contribution in [0, 0.1) is 0 Å². The third-order valence-electron chi connectivity index (χ3n) is 3.66. The summed E-state index contributed by atoms with van der Waals surface area (Å²) in [5.74, 6) is 0.689. The van der Waals surface area contributed by atoms with Gasteiger partial charge < -0.3 is 14.8 Å². The Morgan fingerprint density at radius 2 is 1.96 bits per heavy atom. The van der Waals surface area contributed by atoms with Gasteiger partial charge in [-0.05, 0) is 70.6 Å². The minimum Gasteiger partial charge on any atom is -0.459 e. The van der Waals surface area contributed by atoms with E-state index in [0.717, 1.165) is 0 Å². The molecule has 0 radical (unpaired) electrons. The molecule has 27 heavy (non-hydrogen) atoms. The van der Waals surface area contributed by atoms with Crippen LogP contribution in [0.1, 0.15) is 16.1 Å². The average molecular weight is 466 g/mol. The number of hydrogen-bond acceptors (Lipinski definition) is 4. The Hall–Kier alpha value is -2.19. The van der Waals surface area contributed by atoms with Crippen LogP contribution >= 0.6 is 39.7 Å². The van der Waals surface area contributed by atoms with Crippen LogP contribution in [0.15, 0.2) is 63.5 Å². The topological polar surface area (TPSA) is 74.5 Å². The van der Waals surface area contributed by atoms with Gasteiger partial charge in [-0.1, -0.05) is 23.7 Å². The summed E-state index contributed by atoms with van der Waals surface area (Å²) in [7, 11) is 0. The van der Waals surface area contributed by atoms with Crippen LogP contribution in [0.25, 0.3) is 11.3 Å². The lowest BCUT2D eigenvalue weighted by Crippen LogP contribution is -2.34. The maximum absolute atomic E-state index is 12.3. The second kappa shape index (κ2) is 8.67. The van der Waals surface area contributed by atoms with Crippen molar-refractivity contribution in [1.82, 2.24) is 5.32 Å². The van der Waals surface area contributed by atoms with Crippen LogP contribution < -0.4 is 10.6 Å². The minimum absolute atomic E-state index is 0.153. The van der Waals surface area contributed by atoms with Gasteiger partial charge in [0.05, 0.1) is 10.6 Å². The minimum atomic E-state index is -0.324. The van der Waals surface area contributed by atoms with E-state index in [1.807, 2.05) is 6.07 Å². The number of nitrogens with one attached hydrogen (secondary N) is 2. The van der Waals surface area contributed by atoms with Crippen molar-refractivity contribution in [2.24, 2.45) is 0 Å². The highest BCUT2D eigenvalue weighted by Gasteiger charge is 2.13. The number of carbonyl (C=O) groups excluding carboxylic acids is 1. The predicted octanol–water partition coefficient (Wildman–Crippen LogP) is 4.98. The lowest BCUT2D eigenvalue weighted by Gasteiger charge is -2.11. The molecule has 3 aromatic rings. The summed E-state index contributed by atoms with van der Waals surface area (Å²) in [6, 6.07) is 15.7. The van der Waals surface area contributed by atoms with Crippen molar-refractivity contribution in [2.45, 2.75) is 6.61 Å². The molecule has 0 aliphatic rings. The summed E-state index contributed by atoms with van der Waals surface area (Å²) in [6.45, 7) is -0.178. The summed E-state index contributed by atoms with van der Waals surface area (Å²) >= 11 is 14.9. The Bertz CT molecular complexity index is 1010. The molecular formula is C19H14BrClN2O3S. The first-order valence-corrected chi connectivity index (χ1v) is 9.42. The molecule has 0 unspecified atom stereocenters. The number of rotatable bonds is 4. The van der Waals surface area contributed by atoms with Crippen molar-refractivity contribution in [3.05, 3.63) is 75.4 Å². The standard InChI is InChI=1S/C19H14BrClN2O3S/c20-15-4-2-1-3-13(15)18(25)23-19(27)22-11-5-7-14(16(21)9-11)17-8-6-12(10-24)26-17/h1-9,24H,10H2,(H2,22,23,25,27). The van der Waals surface area contributed by atoms with E-state index in [2.05, 4.69) is 26.6 Å². The van der Waals surface area contributed by atoms with Gasteiger partial charge in [-0.2, -0.15) is 0 Å². The monoisotopic (exact) mass is 464 g/mol. The molecule has 5 nitrogen and oxygen atoms in total. The van der Waals surface area contributed by atoms with Crippen molar-refractivity contribution in [3.8, 4) is 11.3 Å². The highest BCUT2D eigenvalue weighted by molar-refractivity contribution is 9.10. The van der Waals surface area contributed by atoms with Gasteiger partial charge in [-0.25, -0.2) is 0 Å². The van der Waals surface area contributed by atoms with Gasteiger partial charge in [-0.15, -0.1) is 0 Å². The molecule has 0 aliphatic heterocycles. The highest BCUT2D eigenvalue weighted by Crippen LogP contribution is 2.31. The van der Waals surface area contributed by atoms with E-state index in [1.54, 1.807) is 48.5 Å². The van der Waals surface area contributed by atoms with Crippen LogP contribution in [0.4, 0.5) is 5.69 Å². The third-order valence-corrected chi connectivity index (χ3v) is 4.86. The summed E-state index contributed by atoms with van der Waals surface area (Å²) in [5, 5.41) is 15.2. The largest absolute Gasteiger partial charge is 0.459 e. The molecule has 1 amide bonds. The van der Waals surface area contributed by atoms with Crippen molar-refractivity contribution >= 4 is 56.5 Å². The highest BCUT2D eigenvalue weighted by atomic mass is 79.9. The summed E-state index contributed by atoms with van der Waals surface area (Å²) in [6.07, 6.45) is 0. The molecule has 0 bridgehead atoms. The number of amides is 1. The molecule has 138 valence electrons. The van der Waals surface area contributed by atoms with E-state index in [0.29, 0.717) is 37.8 Å². The molecule has 0 saturated heterocycles. The van der Waals surface area contributed by atoms with Gasteiger partial charge in [0.15, 0.2) is 5.11 Å². The summed E-state index contributed by atoms with van der Waals surface area (Å²) in [5.41, 5.74) is 1.78. The molecule has 0 atom stereocenters. The lowest BCUT2D eigenvalue weighted by atomic mass is 10.1. The quantitative estimate of drug-likeness (QED) is 0.474. The zero-order valence-corrected chi connectivity index (χ0v) is 17.0. The van der Waals surface area contributed by atoms with Gasteiger partial charge in [0, 0.05) is 15.7 Å². The van der Waals surface area contributed by atoms with Crippen molar-refractivity contribution < 1.29 is 14.3 Å². The van der Waals surface area contributed by atoms with Crippen LogP contribution in [-0.2, 0) is 6.61 Å². The van der Waals surface area contributed by atoms with Crippen molar-refractivity contribution in [3.63, 3.8) is 0 Å². The molecule has 2 aromatic carbocycles. The molecule has 0 aliphatic carbocycles. The fraction of sp³-hybridized carbons (Fsp3) is 0.0526. The maximum Gasteiger partial charge on any atom is 0.258 e. The Balaban J connectivity index is 1.68. The molecule has 1 heterocycles. The van der Waals surface area contributed by atoms with Crippen LogP contribution in [0.2, 0.25) is 5.02 Å². The smallest absolute Gasteiger partial charge is 0.258 e. The zero-order chi connectivity index (χ0) is 19.4. The SMILES string of the molecule is O=C(NC(=S)Nc1ccc(-c2ccc(CO)o2)c(Cl)c1)c1ccccc1Br. The number of anilines is 1. The number of aliphatic hydroxyl groups excluding tert-OH is 1. The van der Waals surface area contributed by atoms with Crippen LogP contribution in [0.5, 0.6) is 0 Å². The first-order valence-electron chi connectivity index (χ1n) is 7.84. The van der Waals surface area contributed by atoms with E-state index >= 15 is 0 Å². The maximum atomic E-state index is 12.3. The number of carbonyl (C=O) groups is 1. The van der Waals surface area contributed by atoms with E-state index in [-0.39, 0.29) is 17.6 Å². The van der Waals surface area contributed by atoms with Crippen LogP contribution in [-0.4, -0.2) is 16.1 Å². The number of halogens is 2. The Kier molecular flexibility index (Phi) is 6.28. The van der Waals surface area contributed by atoms with Gasteiger partial charge in [-0.3, -0.25) is 10.1 Å². The molecule has 8 heteroatoms. The zero-order valence-electron chi connectivity index (χ0n) is 13.8. The number of hydrogen-bond donors (Lipinski definition) is 3. The predicted molar refractivity (Wildman–Crippen MR) is 113 cm³/mol. The van der Waals surface area contributed by atoms with Crippen LogP contribution in [0.3, 0.4) is 0 Å². The first kappa shape index (κ1) is 19.6. The van der Waals surface area contributed by atoms with E-state index in [9.17, 15) is 4.79 Å². The van der Waals surface area contributed by atoms with Crippen molar-refractivity contribution in [1.29, 1.82) is 0 Å². The second-order valence-corrected chi connectivity index (χ2v) is 7.18. The summed E-state index contributed by atoms with van der Waals surface area (Å²) in [4.78, 5) is 12.3. The first-order chi connectivity index (χ1) is 13.0. The molecule has 3 rings (SSSR count). The Morgan fingerprint density at radius 3 is 2.63 bits per heavy atom. The van der Waals surface area contributed by atoms with Gasteiger partial charge in [0.1, 0.15) is 18.1 Å². The fourth-order valence-electron chi connectivity index (χ4n) is 2.38. The van der Waals surface area contributed by atoms with E-state index in [1.165, 1.54) is 0 Å². The second-order valence-electron chi connectivity index (χ2n) is 5.51. The molecule has 0 fully saturated rings. The third kappa shape index (κ3) is 4.75. The molecule has 1 aromatic heterocycles. The number of thiocarbonyl (C=S) groups is 1. The van der Waals surface area contributed by atoms with E-state index in [4.69, 9.17) is 33.3 Å². The Morgan fingerprint density at radius 1 is 1.19 bits per heavy atom. The van der Waals surface area contributed by atoms with Gasteiger partial charge >= 0.3 is 0 Å². The number of furan rings is 1. The molecule has 3 N–H and O–H groups in total. The van der Waals surface area contributed by atoms with Crippen molar-refractivity contribution in [2.75, 3.05) is 5.32 Å². The van der Waals surface area contributed by atoms with Gasteiger partial charge in [0.25, 0.3) is 5.91 Å². The fourth-order valence-corrected chi connectivity index (χ4v) is 3.33. The number of benzene rings is 2. The number of aliphatic hydroxyl groups is 1. The average Bonchev–Trinajstić information content (AvgIpc) is 3.11. The van der Waals surface area contributed by atoms with E-state index < -0.39 is 0 Å².